The normalized spacial score (nSPS) is 16.2. The number of rotatable bonds is 15. The lowest BCUT2D eigenvalue weighted by Crippen LogP contribution is -2.23. The molecule has 2 rings (SSSR count). The fraction of sp³-hybridized carbons (Fsp3) is 0.758. The zero-order chi connectivity index (χ0) is 28.5. The molecule has 1 aromatic rings. The van der Waals surface area contributed by atoms with Gasteiger partial charge in [-0.05, 0) is 63.5 Å². The first-order valence-electron chi connectivity index (χ1n) is 15.1. The maximum atomic E-state index is 12.5. The van der Waals surface area contributed by atoms with Gasteiger partial charge in [0, 0.05) is 11.4 Å². The Hall–Kier alpha value is -1.88. The van der Waals surface area contributed by atoms with Crippen molar-refractivity contribution in [3.8, 4) is 0 Å². The van der Waals surface area contributed by atoms with E-state index in [9.17, 15) is 4.79 Å². The van der Waals surface area contributed by atoms with Crippen LogP contribution in [0.1, 0.15) is 157 Å². The molecule has 224 valence electrons. The number of hydrogen-bond acceptors (Lipinski definition) is 4. The Morgan fingerprint density at radius 2 is 1.63 bits per heavy atom. The van der Waals surface area contributed by atoms with E-state index in [1.165, 1.54) is 51.2 Å². The van der Waals surface area contributed by atoms with Crippen molar-refractivity contribution in [2.24, 2.45) is 5.92 Å². The van der Waals surface area contributed by atoms with E-state index in [0.29, 0.717) is 6.61 Å². The van der Waals surface area contributed by atoms with E-state index < -0.39 is 0 Å². The van der Waals surface area contributed by atoms with E-state index in [1.54, 1.807) is 6.92 Å². The number of esters is 1. The van der Waals surface area contributed by atoms with Gasteiger partial charge in [-0.3, -0.25) is 4.79 Å². The molecular weight excluding hydrogens is 472 g/mol. The van der Waals surface area contributed by atoms with Gasteiger partial charge in [0.25, 0.3) is 0 Å². The van der Waals surface area contributed by atoms with Gasteiger partial charge < -0.3 is 19.9 Å². The molecule has 2 N–H and O–H groups in total. The fourth-order valence-electron chi connectivity index (χ4n) is 4.21. The summed E-state index contributed by atoms with van der Waals surface area (Å²) < 4.78 is 11.8. The maximum absolute atomic E-state index is 12.5. The van der Waals surface area contributed by atoms with Crippen molar-refractivity contribution in [2.45, 2.75) is 152 Å². The lowest BCUT2D eigenvalue weighted by atomic mass is 9.98. The number of aromatic amines is 1. The Labute approximate surface area is 237 Å². The third-order valence-corrected chi connectivity index (χ3v) is 6.27. The molecule has 0 bridgehead atoms. The van der Waals surface area contributed by atoms with Gasteiger partial charge in [0.2, 0.25) is 0 Å². The Morgan fingerprint density at radius 1 is 1.08 bits per heavy atom. The third kappa shape index (κ3) is 18.4. The zero-order valence-electron chi connectivity index (χ0n) is 25.6. The van der Waals surface area contributed by atoms with Crippen LogP contribution in [0, 0.1) is 11.3 Å². The Morgan fingerprint density at radius 3 is 2.13 bits per heavy atom. The van der Waals surface area contributed by atoms with Gasteiger partial charge in [0.05, 0.1) is 18.1 Å². The Kier molecular flexibility index (Phi) is 30.1. The van der Waals surface area contributed by atoms with E-state index in [1.807, 2.05) is 40.7 Å². The molecule has 0 amide bonds. The average Bonchev–Trinajstić information content (AvgIpc) is 3.59. The molecule has 0 radical (unpaired) electrons. The molecule has 1 aliphatic heterocycles. The molecule has 1 aliphatic rings. The van der Waals surface area contributed by atoms with Crippen LogP contribution >= 0.6 is 0 Å². The molecule has 5 heteroatoms. The van der Waals surface area contributed by atoms with E-state index in [0.717, 1.165) is 49.1 Å². The molecular formula is C33H64N2O3. The molecule has 0 spiro atoms. The summed E-state index contributed by atoms with van der Waals surface area (Å²) in [4.78, 5) is 15.9. The van der Waals surface area contributed by atoms with Crippen LogP contribution in [0.5, 0.6) is 0 Å². The molecule has 5 nitrogen and oxygen atoms in total. The molecule has 2 heterocycles. The monoisotopic (exact) mass is 536 g/mol. The van der Waals surface area contributed by atoms with Gasteiger partial charge in [-0.15, -0.1) is 0 Å². The standard InChI is InChI=1S/C26H43NO3.C2H5N.2C2H6.CH4/c1-5-7-8-9-10-11-12-13-14-21(6-2)26(28)29-19-22-15-18-25(30-22)24-17-16-23(27-24)20(3)4;1-2-3;2*1-2;/h16-17,21-22,25,27H,3,5-15,18-19H2,1-2,4H3;2-3H,1H3;2*1-2H3;1H4. The summed E-state index contributed by atoms with van der Waals surface area (Å²) in [6, 6.07) is 4.12. The van der Waals surface area contributed by atoms with E-state index >= 15 is 0 Å². The quantitative estimate of drug-likeness (QED) is 0.133. The van der Waals surface area contributed by atoms with Gasteiger partial charge in [-0.1, -0.05) is 107 Å². The summed E-state index contributed by atoms with van der Waals surface area (Å²) >= 11 is 0. The summed E-state index contributed by atoms with van der Waals surface area (Å²) in [6.45, 7) is 20.3. The number of allylic oxidation sites excluding steroid dienone is 1. The molecule has 3 unspecified atom stereocenters. The van der Waals surface area contributed by atoms with Crippen molar-refractivity contribution < 1.29 is 14.3 Å². The summed E-state index contributed by atoms with van der Waals surface area (Å²) in [6.07, 6.45) is 15.3. The first-order chi connectivity index (χ1) is 18.0. The van der Waals surface area contributed by atoms with Crippen LogP contribution in [-0.4, -0.2) is 29.9 Å². The minimum atomic E-state index is -0.0445. The van der Waals surface area contributed by atoms with E-state index in [-0.39, 0.29) is 31.5 Å². The Bertz CT molecular complexity index is 684. The maximum Gasteiger partial charge on any atom is 0.309 e. The number of carbonyl (C=O) groups is 1. The van der Waals surface area contributed by atoms with Crippen molar-refractivity contribution in [1.82, 2.24) is 4.98 Å². The molecule has 1 fully saturated rings. The number of hydrogen-bond donors (Lipinski definition) is 2. The largest absolute Gasteiger partial charge is 0.463 e. The summed E-state index contributed by atoms with van der Waals surface area (Å²) in [7, 11) is 0. The van der Waals surface area contributed by atoms with Crippen molar-refractivity contribution >= 4 is 17.8 Å². The van der Waals surface area contributed by atoms with Gasteiger partial charge in [0.15, 0.2) is 0 Å². The lowest BCUT2D eigenvalue weighted by Gasteiger charge is -2.17. The van der Waals surface area contributed by atoms with Crippen LogP contribution in [-0.2, 0) is 14.3 Å². The van der Waals surface area contributed by atoms with Crippen LogP contribution in [0.3, 0.4) is 0 Å². The van der Waals surface area contributed by atoms with Crippen LogP contribution in [0.4, 0.5) is 0 Å². The number of H-pyrrole nitrogens is 1. The lowest BCUT2D eigenvalue weighted by molar-refractivity contribution is -0.153. The van der Waals surface area contributed by atoms with Crippen LogP contribution < -0.4 is 0 Å². The van der Waals surface area contributed by atoms with Crippen molar-refractivity contribution in [2.75, 3.05) is 6.61 Å². The zero-order valence-corrected chi connectivity index (χ0v) is 25.6. The molecule has 1 saturated heterocycles. The molecule has 0 aliphatic carbocycles. The average molecular weight is 537 g/mol. The number of unbranched alkanes of at least 4 members (excludes halogenated alkanes) is 7. The van der Waals surface area contributed by atoms with Crippen LogP contribution in [0.25, 0.3) is 5.57 Å². The van der Waals surface area contributed by atoms with Crippen molar-refractivity contribution in [3.63, 3.8) is 0 Å². The predicted octanol–water partition coefficient (Wildman–Crippen LogP) is 10.7. The number of ether oxygens (including phenoxy) is 2. The van der Waals surface area contributed by atoms with E-state index in [2.05, 4.69) is 31.5 Å². The minimum Gasteiger partial charge on any atom is -0.463 e. The third-order valence-electron chi connectivity index (χ3n) is 6.27. The highest BCUT2D eigenvalue weighted by Crippen LogP contribution is 2.33. The summed E-state index contributed by atoms with van der Waals surface area (Å²) in [5, 5.41) is 6.08. The summed E-state index contributed by atoms with van der Waals surface area (Å²) in [5.74, 6) is -0.0132. The smallest absolute Gasteiger partial charge is 0.309 e. The van der Waals surface area contributed by atoms with Crippen LogP contribution in [0.15, 0.2) is 18.7 Å². The highest BCUT2D eigenvalue weighted by molar-refractivity contribution is 5.72. The molecule has 38 heavy (non-hydrogen) atoms. The summed E-state index contributed by atoms with van der Waals surface area (Å²) in [5.41, 5.74) is 3.16. The van der Waals surface area contributed by atoms with E-state index in [4.69, 9.17) is 14.9 Å². The van der Waals surface area contributed by atoms with Gasteiger partial charge in [-0.25, -0.2) is 0 Å². The second kappa shape index (κ2) is 28.1. The first-order valence-corrected chi connectivity index (χ1v) is 15.1. The van der Waals surface area contributed by atoms with Crippen molar-refractivity contribution in [1.29, 1.82) is 5.41 Å². The van der Waals surface area contributed by atoms with Gasteiger partial charge in [-0.2, -0.15) is 0 Å². The molecule has 3 atom stereocenters. The number of aromatic nitrogens is 1. The molecule has 0 aromatic carbocycles. The van der Waals surface area contributed by atoms with Crippen molar-refractivity contribution in [3.05, 3.63) is 30.1 Å². The van der Waals surface area contributed by atoms with Gasteiger partial charge in [0.1, 0.15) is 6.61 Å². The number of carbonyl (C=O) groups excluding carboxylic acids is 1. The first kappa shape index (κ1) is 40.6. The highest BCUT2D eigenvalue weighted by Gasteiger charge is 2.29. The SMILES string of the molecule is C.C=C(C)c1ccc(C2CCC(COC(=O)C(CC)CCCCCCCCCC)O2)[nH]1.CC.CC.CC=N. The highest BCUT2D eigenvalue weighted by atomic mass is 16.6. The van der Waals surface area contributed by atoms with Crippen LogP contribution in [0.2, 0.25) is 0 Å². The predicted molar refractivity (Wildman–Crippen MR) is 168 cm³/mol. The second-order valence-electron chi connectivity index (χ2n) is 9.22. The topological polar surface area (TPSA) is 75.2 Å². The fourth-order valence-corrected chi connectivity index (χ4v) is 4.21. The minimum absolute atomic E-state index is 0. The van der Waals surface area contributed by atoms with Gasteiger partial charge >= 0.3 is 5.97 Å². The Balaban J connectivity index is -0.00000140. The molecule has 1 aromatic heterocycles. The second-order valence-corrected chi connectivity index (χ2v) is 9.22. The number of nitrogens with one attached hydrogen (secondary N) is 2. The molecule has 0 saturated carbocycles.